The lowest BCUT2D eigenvalue weighted by Crippen LogP contribution is -2.07. The first-order valence-electron chi connectivity index (χ1n) is 4.92. The highest BCUT2D eigenvalue weighted by Gasteiger charge is 2.08. The molecule has 7 heteroatoms. The third-order valence-corrected chi connectivity index (χ3v) is 3.10. The molecule has 2 rings (SSSR count). The highest BCUT2D eigenvalue weighted by Crippen LogP contribution is 2.17. The maximum absolute atomic E-state index is 11.1. The molecule has 0 aromatic carbocycles. The van der Waals surface area contributed by atoms with Crippen LogP contribution < -0.4 is 0 Å². The number of halogens is 1. The number of fused-ring (bicyclic) bond motifs is 1. The Hall–Kier alpha value is -1.21. The molecule has 0 spiro atoms. The monoisotopic (exact) mass is 315 g/mol. The number of aryl methyl sites for hydroxylation is 1. The minimum Gasteiger partial charge on any atom is -0.469 e. The van der Waals surface area contributed by atoms with Crippen LogP contribution in [0.3, 0.4) is 0 Å². The van der Waals surface area contributed by atoms with Gasteiger partial charge in [-0.15, -0.1) is 0 Å². The van der Waals surface area contributed by atoms with Gasteiger partial charge in [0.1, 0.15) is 0 Å². The van der Waals surface area contributed by atoms with Gasteiger partial charge in [0.2, 0.25) is 0 Å². The number of hydrogen-bond donors (Lipinski definition) is 1. The summed E-state index contributed by atoms with van der Waals surface area (Å²) in [6.07, 6.45) is 1.97. The highest BCUT2D eigenvalue weighted by molar-refractivity contribution is 9.10. The molecule has 0 aliphatic heterocycles. The number of nitrogens with zero attached hydrogens (tertiary/aromatic N) is 2. The zero-order valence-electron chi connectivity index (χ0n) is 9.07. The van der Waals surface area contributed by atoms with Gasteiger partial charge in [0.05, 0.1) is 19.0 Å². The minimum atomic E-state index is -0.265. The smallest absolute Gasteiger partial charge is 0.307 e. The Bertz CT molecular complexity index is 620. The first-order chi connectivity index (χ1) is 8.11. The van der Waals surface area contributed by atoms with Crippen LogP contribution in [0.1, 0.15) is 6.42 Å². The van der Waals surface area contributed by atoms with Gasteiger partial charge in [-0.3, -0.25) is 4.79 Å². The first-order valence-corrected chi connectivity index (χ1v) is 6.13. The summed E-state index contributed by atoms with van der Waals surface area (Å²) in [4.78, 5) is 18.4. The van der Waals surface area contributed by atoms with Gasteiger partial charge >= 0.3 is 5.97 Å². The van der Waals surface area contributed by atoms with Gasteiger partial charge in [-0.1, -0.05) is 0 Å². The number of imidazole rings is 1. The quantitative estimate of drug-likeness (QED) is 0.698. The van der Waals surface area contributed by atoms with Crippen molar-refractivity contribution in [3.05, 3.63) is 21.5 Å². The third-order valence-electron chi connectivity index (χ3n) is 2.34. The van der Waals surface area contributed by atoms with Crippen LogP contribution in [0, 0.1) is 4.77 Å². The van der Waals surface area contributed by atoms with E-state index in [0.717, 1.165) is 15.6 Å². The van der Waals surface area contributed by atoms with Crippen molar-refractivity contribution in [2.24, 2.45) is 0 Å². The van der Waals surface area contributed by atoms with E-state index in [0.29, 0.717) is 11.3 Å². The molecule has 17 heavy (non-hydrogen) atoms. The van der Waals surface area contributed by atoms with Crippen LogP contribution in [0.4, 0.5) is 0 Å². The lowest BCUT2D eigenvalue weighted by molar-refractivity contribution is -0.140. The molecule has 1 N–H and O–H groups in total. The Balaban J connectivity index is 2.36. The molecule has 0 radical (unpaired) electrons. The van der Waals surface area contributed by atoms with Gasteiger partial charge in [0.15, 0.2) is 10.4 Å². The Kier molecular flexibility index (Phi) is 3.58. The molecule has 0 atom stereocenters. The summed E-state index contributed by atoms with van der Waals surface area (Å²) in [6, 6.07) is 1.90. The van der Waals surface area contributed by atoms with Crippen molar-refractivity contribution in [1.82, 2.24) is 14.5 Å². The Morgan fingerprint density at radius 3 is 3.18 bits per heavy atom. The van der Waals surface area contributed by atoms with Crippen LogP contribution in [0.15, 0.2) is 16.7 Å². The molecular weight excluding hydrogens is 306 g/mol. The molecule has 2 aromatic rings. The standard InChI is InChI=1S/C10H10BrN3O2S/c1-16-8(15)2-3-14-9-7(13-10(14)17)4-6(11)5-12-9/h4-5H,2-3H2,1H3,(H,13,17). The topological polar surface area (TPSA) is 59.9 Å². The number of aromatic nitrogens is 3. The molecule has 0 aliphatic carbocycles. The molecule has 2 heterocycles. The molecule has 0 aliphatic rings. The summed E-state index contributed by atoms with van der Waals surface area (Å²) in [6.45, 7) is 0.458. The zero-order chi connectivity index (χ0) is 12.4. The molecule has 0 saturated heterocycles. The average Bonchev–Trinajstić information content (AvgIpc) is 2.61. The number of pyridine rings is 1. The number of hydrogen-bond acceptors (Lipinski definition) is 4. The number of carbonyl (C=O) groups excluding carboxylic acids is 1. The average molecular weight is 316 g/mol. The molecule has 5 nitrogen and oxygen atoms in total. The van der Waals surface area contributed by atoms with Gasteiger partial charge < -0.3 is 14.3 Å². The highest BCUT2D eigenvalue weighted by atomic mass is 79.9. The van der Waals surface area contributed by atoms with Gasteiger partial charge in [0.25, 0.3) is 0 Å². The van der Waals surface area contributed by atoms with Crippen molar-refractivity contribution in [2.75, 3.05) is 7.11 Å². The largest absolute Gasteiger partial charge is 0.469 e. The lowest BCUT2D eigenvalue weighted by Gasteiger charge is -2.02. The summed E-state index contributed by atoms with van der Waals surface area (Å²) in [7, 11) is 1.37. The van der Waals surface area contributed by atoms with E-state index in [-0.39, 0.29) is 12.4 Å². The molecule has 0 bridgehead atoms. The fourth-order valence-corrected chi connectivity index (χ4v) is 2.15. The summed E-state index contributed by atoms with van der Waals surface area (Å²) in [5.41, 5.74) is 1.58. The van der Waals surface area contributed by atoms with E-state index in [9.17, 15) is 4.79 Å². The second-order valence-electron chi connectivity index (χ2n) is 3.43. The zero-order valence-corrected chi connectivity index (χ0v) is 11.5. The van der Waals surface area contributed by atoms with Crippen LogP contribution >= 0.6 is 28.1 Å². The summed E-state index contributed by atoms with van der Waals surface area (Å²) in [5.74, 6) is -0.265. The van der Waals surface area contributed by atoms with Crippen LogP contribution in [0.2, 0.25) is 0 Å². The van der Waals surface area contributed by atoms with E-state index >= 15 is 0 Å². The maximum atomic E-state index is 11.1. The molecular formula is C10H10BrN3O2S. The number of carbonyl (C=O) groups is 1. The van der Waals surface area contributed by atoms with E-state index in [1.54, 1.807) is 10.8 Å². The predicted molar refractivity (Wildman–Crippen MR) is 69.3 cm³/mol. The Morgan fingerprint density at radius 1 is 1.71 bits per heavy atom. The van der Waals surface area contributed by atoms with Crippen LogP contribution in [-0.2, 0) is 16.1 Å². The summed E-state index contributed by atoms with van der Waals surface area (Å²) >= 11 is 8.52. The van der Waals surface area contributed by atoms with Crippen molar-refractivity contribution < 1.29 is 9.53 Å². The third kappa shape index (κ3) is 2.55. The number of aromatic amines is 1. The molecule has 0 fully saturated rings. The molecule has 90 valence electrons. The summed E-state index contributed by atoms with van der Waals surface area (Å²) < 4.78 is 7.81. The van der Waals surface area contributed by atoms with Crippen LogP contribution in [0.25, 0.3) is 11.2 Å². The SMILES string of the molecule is COC(=O)CCn1c(=S)[nH]c2cc(Br)cnc21. The Labute approximate surface area is 111 Å². The number of methoxy groups -OCH3 is 1. The Morgan fingerprint density at radius 2 is 2.47 bits per heavy atom. The second-order valence-corrected chi connectivity index (χ2v) is 4.73. The normalized spacial score (nSPS) is 10.7. The minimum absolute atomic E-state index is 0.265. The first kappa shape index (κ1) is 12.3. The summed E-state index contributed by atoms with van der Waals surface area (Å²) in [5, 5.41) is 0. The number of rotatable bonds is 3. The van der Waals surface area contributed by atoms with E-state index in [4.69, 9.17) is 12.2 Å². The fraction of sp³-hybridized carbons (Fsp3) is 0.300. The van der Waals surface area contributed by atoms with Gasteiger partial charge in [-0.25, -0.2) is 4.98 Å². The lowest BCUT2D eigenvalue weighted by atomic mass is 10.4. The van der Waals surface area contributed by atoms with Crippen molar-refractivity contribution in [3.8, 4) is 0 Å². The van der Waals surface area contributed by atoms with Gasteiger partial charge in [-0.05, 0) is 34.2 Å². The van der Waals surface area contributed by atoms with Gasteiger partial charge in [-0.2, -0.15) is 0 Å². The molecule has 2 aromatic heterocycles. The number of nitrogens with one attached hydrogen (secondary N) is 1. The van der Waals surface area contributed by atoms with Crippen molar-refractivity contribution in [3.63, 3.8) is 0 Å². The van der Waals surface area contributed by atoms with Gasteiger partial charge in [0, 0.05) is 17.2 Å². The van der Waals surface area contributed by atoms with E-state index in [1.807, 2.05) is 6.07 Å². The van der Waals surface area contributed by atoms with E-state index in [1.165, 1.54) is 7.11 Å². The number of esters is 1. The predicted octanol–water partition coefficient (Wildman–Crippen LogP) is 2.42. The number of H-pyrrole nitrogens is 1. The fourth-order valence-electron chi connectivity index (χ4n) is 1.53. The van der Waals surface area contributed by atoms with Crippen LogP contribution in [0.5, 0.6) is 0 Å². The second kappa shape index (κ2) is 4.97. The van der Waals surface area contributed by atoms with E-state index < -0.39 is 0 Å². The van der Waals surface area contributed by atoms with Crippen molar-refractivity contribution >= 4 is 45.3 Å². The number of ether oxygens (including phenoxy) is 1. The molecule has 0 amide bonds. The van der Waals surface area contributed by atoms with Crippen molar-refractivity contribution in [1.29, 1.82) is 0 Å². The molecule has 0 unspecified atom stereocenters. The molecule has 0 saturated carbocycles. The van der Waals surface area contributed by atoms with Crippen LogP contribution in [-0.4, -0.2) is 27.6 Å². The van der Waals surface area contributed by atoms with Crippen molar-refractivity contribution in [2.45, 2.75) is 13.0 Å². The maximum Gasteiger partial charge on any atom is 0.307 e. The van der Waals surface area contributed by atoms with E-state index in [2.05, 4.69) is 30.6 Å².